The highest BCUT2D eigenvalue weighted by Gasteiger charge is 2.21. The number of aliphatic hydroxyl groups excluding tert-OH is 1. The van der Waals surface area contributed by atoms with Crippen molar-refractivity contribution in [3.8, 4) is 0 Å². The number of amides is 1. The molecule has 0 radical (unpaired) electrons. The molecule has 2 unspecified atom stereocenters. The summed E-state index contributed by atoms with van der Waals surface area (Å²) in [5.74, 6) is -4.34. The third-order valence-electron chi connectivity index (χ3n) is 4.71. The standard InChI is InChI=1S/C19H19N7O6.C3H6O3/c20-19-25-15-14(17(30)26-19)23-11(8-22-15)7-21-10-3-1-9(2-4-10)16(29)24-12(18(31)32)5-6-13(27)28;1-2(4)3(5)6/h1-4,8,12,21H,5-7H2,(H,24,29)(H,27,28)(H,31,32)(H3,20,22,25,26,30);2,4H,1H3,(H,5,6). The molecule has 0 aliphatic heterocycles. The number of H-pyrrole nitrogens is 1. The lowest BCUT2D eigenvalue weighted by atomic mass is 10.1. The van der Waals surface area contributed by atoms with Crippen molar-refractivity contribution in [1.82, 2.24) is 25.3 Å². The second-order valence-corrected chi connectivity index (χ2v) is 7.73. The van der Waals surface area contributed by atoms with E-state index in [9.17, 15) is 24.0 Å². The zero-order valence-corrected chi connectivity index (χ0v) is 19.9. The second kappa shape index (κ2) is 13.3. The molecule has 3 rings (SSSR count). The maximum atomic E-state index is 12.3. The Morgan fingerprint density at radius 2 is 1.68 bits per heavy atom. The van der Waals surface area contributed by atoms with Gasteiger partial charge in [-0.05, 0) is 37.6 Å². The van der Waals surface area contributed by atoms with Crippen LogP contribution in [0.3, 0.4) is 0 Å². The van der Waals surface area contributed by atoms with Crippen molar-refractivity contribution in [2.24, 2.45) is 0 Å². The minimum Gasteiger partial charge on any atom is -0.481 e. The number of carboxylic acid groups (broad SMARTS) is 3. The van der Waals surface area contributed by atoms with Crippen LogP contribution in [0.4, 0.5) is 11.6 Å². The number of nitrogens with zero attached hydrogens (tertiary/aromatic N) is 3. The number of carbonyl (C=O) groups is 4. The van der Waals surface area contributed by atoms with Crippen LogP contribution >= 0.6 is 0 Å². The molecule has 38 heavy (non-hydrogen) atoms. The molecule has 16 nitrogen and oxygen atoms in total. The third-order valence-corrected chi connectivity index (χ3v) is 4.71. The molecule has 0 aliphatic rings. The lowest BCUT2D eigenvalue weighted by Crippen LogP contribution is -2.41. The van der Waals surface area contributed by atoms with E-state index >= 15 is 0 Å². The normalized spacial score (nSPS) is 11.9. The van der Waals surface area contributed by atoms with Gasteiger partial charge in [0, 0.05) is 17.7 Å². The number of hydrogen-bond donors (Lipinski definition) is 8. The van der Waals surface area contributed by atoms with Crippen LogP contribution in [0.15, 0.2) is 35.3 Å². The largest absolute Gasteiger partial charge is 0.481 e. The van der Waals surface area contributed by atoms with Crippen LogP contribution in [0.2, 0.25) is 0 Å². The summed E-state index contributed by atoms with van der Waals surface area (Å²) in [6, 6.07) is 4.86. The van der Waals surface area contributed by atoms with Crippen molar-refractivity contribution >= 4 is 46.6 Å². The zero-order chi connectivity index (χ0) is 28.4. The number of nitrogens with two attached hydrogens (primary N) is 1. The number of fused-ring (bicyclic) bond motifs is 1. The van der Waals surface area contributed by atoms with E-state index in [2.05, 4.69) is 30.6 Å². The number of nitrogens with one attached hydrogen (secondary N) is 3. The topological polar surface area (TPSA) is 271 Å². The van der Waals surface area contributed by atoms with Crippen LogP contribution in [0.25, 0.3) is 11.2 Å². The molecule has 1 amide bonds. The Balaban J connectivity index is 0.000000757. The number of carbonyl (C=O) groups excluding carboxylic acids is 1. The second-order valence-electron chi connectivity index (χ2n) is 7.73. The smallest absolute Gasteiger partial charge is 0.332 e. The van der Waals surface area contributed by atoms with Gasteiger partial charge in [0.25, 0.3) is 11.5 Å². The minimum atomic E-state index is -1.31. The van der Waals surface area contributed by atoms with Crippen LogP contribution < -0.4 is 21.9 Å². The predicted octanol–water partition coefficient (Wildman–Crippen LogP) is -0.593. The Hall–Kier alpha value is -5.12. The molecule has 0 bridgehead atoms. The molecule has 0 spiro atoms. The van der Waals surface area contributed by atoms with E-state index in [1.165, 1.54) is 25.3 Å². The van der Waals surface area contributed by atoms with Crippen molar-refractivity contribution in [2.45, 2.75) is 38.5 Å². The van der Waals surface area contributed by atoms with Crippen LogP contribution in [0.1, 0.15) is 35.8 Å². The highest BCUT2D eigenvalue weighted by molar-refractivity contribution is 5.97. The Kier molecular flexibility index (Phi) is 10.2. The summed E-state index contributed by atoms with van der Waals surface area (Å²) in [6.45, 7) is 1.43. The zero-order valence-electron chi connectivity index (χ0n) is 19.9. The maximum absolute atomic E-state index is 12.3. The van der Waals surface area contributed by atoms with Gasteiger partial charge in [-0.3, -0.25) is 19.4 Å². The first-order valence-electron chi connectivity index (χ1n) is 10.9. The van der Waals surface area contributed by atoms with Gasteiger partial charge in [-0.2, -0.15) is 4.98 Å². The van der Waals surface area contributed by atoms with Gasteiger partial charge < -0.3 is 36.8 Å². The minimum absolute atomic E-state index is 0.0524. The first kappa shape index (κ1) is 29.1. The summed E-state index contributed by atoms with van der Waals surface area (Å²) >= 11 is 0. The van der Waals surface area contributed by atoms with Crippen molar-refractivity contribution in [2.75, 3.05) is 11.1 Å². The van der Waals surface area contributed by atoms with Gasteiger partial charge in [-0.25, -0.2) is 19.6 Å². The van der Waals surface area contributed by atoms with Gasteiger partial charge in [0.05, 0.1) is 18.4 Å². The lowest BCUT2D eigenvalue weighted by molar-refractivity contribution is -0.145. The van der Waals surface area contributed by atoms with Crippen molar-refractivity contribution in [3.63, 3.8) is 0 Å². The molecule has 202 valence electrons. The molecule has 16 heteroatoms. The number of aromatic nitrogens is 4. The number of anilines is 2. The van der Waals surface area contributed by atoms with E-state index in [1.807, 2.05) is 0 Å². The molecule has 2 atom stereocenters. The fourth-order valence-corrected chi connectivity index (χ4v) is 2.75. The summed E-state index contributed by atoms with van der Waals surface area (Å²) in [5, 5.41) is 39.0. The van der Waals surface area contributed by atoms with Gasteiger partial charge in [0.1, 0.15) is 12.1 Å². The summed E-state index contributed by atoms with van der Waals surface area (Å²) in [7, 11) is 0. The molecular weight excluding hydrogens is 506 g/mol. The van der Waals surface area contributed by atoms with Crippen LogP contribution in [-0.4, -0.2) is 76.3 Å². The summed E-state index contributed by atoms with van der Waals surface area (Å²) in [4.78, 5) is 70.0. The molecule has 0 saturated carbocycles. The van der Waals surface area contributed by atoms with Crippen molar-refractivity contribution < 1.29 is 39.6 Å². The van der Waals surface area contributed by atoms with Crippen molar-refractivity contribution in [3.05, 3.63) is 52.1 Å². The third kappa shape index (κ3) is 8.83. The number of benzene rings is 1. The van der Waals surface area contributed by atoms with E-state index in [0.717, 1.165) is 0 Å². The molecule has 2 heterocycles. The van der Waals surface area contributed by atoms with Gasteiger partial charge in [0.2, 0.25) is 5.95 Å². The number of carboxylic acids is 3. The number of aromatic amines is 1. The maximum Gasteiger partial charge on any atom is 0.332 e. The van der Waals surface area contributed by atoms with Crippen LogP contribution in [0.5, 0.6) is 0 Å². The number of hydrogen-bond acceptors (Lipinski definition) is 11. The quantitative estimate of drug-likeness (QED) is 0.162. The van der Waals surface area contributed by atoms with Crippen LogP contribution in [-0.2, 0) is 20.9 Å². The summed E-state index contributed by atoms with van der Waals surface area (Å²) < 4.78 is 0. The number of aliphatic carboxylic acids is 3. The number of aliphatic hydroxyl groups is 1. The van der Waals surface area contributed by atoms with E-state index in [1.54, 1.807) is 12.1 Å². The monoisotopic (exact) mass is 531 g/mol. The fourth-order valence-electron chi connectivity index (χ4n) is 2.75. The Labute approximate surface area is 213 Å². The lowest BCUT2D eigenvalue weighted by Gasteiger charge is -2.14. The highest BCUT2D eigenvalue weighted by atomic mass is 16.4. The molecule has 2 aromatic heterocycles. The number of nitrogen functional groups attached to an aromatic ring is 1. The summed E-state index contributed by atoms with van der Waals surface area (Å²) in [5.41, 5.74) is 6.47. The molecule has 0 saturated heterocycles. The van der Waals surface area contributed by atoms with Gasteiger partial charge in [0.15, 0.2) is 11.2 Å². The Morgan fingerprint density at radius 3 is 2.24 bits per heavy atom. The average molecular weight is 531 g/mol. The predicted molar refractivity (Wildman–Crippen MR) is 131 cm³/mol. The molecule has 9 N–H and O–H groups in total. The van der Waals surface area contributed by atoms with E-state index in [-0.39, 0.29) is 42.1 Å². The highest BCUT2D eigenvalue weighted by Crippen LogP contribution is 2.12. The molecular formula is C22H25N7O9. The summed E-state index contributed by atoms with van der Waals surface area (Å²) in [6.07, 6.45) is -0.391. The van der Waals surface area contributed by atoms with E-state index < -0.39 is 41.5 Å². The SMILES string of the molecule is CC(O)C(=O)O.Nc1nc2ncc(CNc3ccc(C(=O)NC(CCC(=O)O)C(=O)O)cc3)nc2c(=O)[nH]1. The first-order valence-corrected chi connectivity index (χ1v) is 10.9. The van der Waals surface area contributed by atoms with Crippen LogP contribution in [0, 0.1) is 0 Å². The molecule has 3 aromatic rings. The molecule has 0 fully saturated rings. The number of rotatable bonds is 10. The Bertz CT molecular complexity index is 1370. The van der Waals surface area contributed by atoms with E-state index in [0.29, 0.717) is 11.4 Å². The Morgan fingerprint density at radius 1 is 1.05 bits per heavy atom. The first-order chi connectivity index (χ1) is 17.9. The van der Waals surface area contributed by atoms with E-state index in [4.69, 9.17) is 26.2 Å². The van der Waals surface area contributed by atoms with Gasteiger partial charge in [-0.1, -0.05) is 0 Å². The molecule has 0 aliphatic carbocycles. The van der Waals surface area contributed by atoms with Gasteiger partial charge in [-0.15, -0.1) is 0 Å². The van der Waals surface area contributed by atoms with Crippen molar-refractivity contribution in [1.29, 1.82) is 0 Å². The molecule has 1 aromatic carbocycles. The average Bonchev–Trinajstić information content (AvgIpc) is 2.85. The fraction of sp³-hybridized carbons (Fsp3) is 0.273. The van der Waals surface area contributed by atoms with Gasteiger partial charge >= 0.3 is 17.9 Å².